The Morgan fingerprint density at radius 3 is 2.40 bits per heavy atom. The first kappa shape index (κ1) is 17.1. The maximum Gasteiger partial charge on any atom is 0.324 e. The lowest BCUT2D eigenvalue weighted by atomic mass is 10.3. The molecule has 7 heteroatoms. The number of anilines is 4. The summed E-state index contributed by atoms with van der Waals surface area (Å²) < 4.78 is 0. The summed E-state index contributed by atoms with van der Waals surface area (Å²) >= 11 is 12.1. The number of amides is 2. The summed E-state index contributed by atoms with van der Waals surface area (Å²) in [6, 6.07) is 17.4. The van der Waals surface area contributed by atoms with Gasteiger partial charge in [0.15, 0.2) is 0 Å². The summed E-state index contributed by atoms with van der Waals surface area (Å²) in [5.41, 5.74) is 2.10. The molecule has 0 saturated heterocycles. The summed E-state index contributed by atoms with van der Waals surface area (Å²) in [4.78, 5) is 16.1. The molecule has 25 heavy (non-hydrogen) atoms. The van der Waals surface area contributed by atoms with Crippen LogP contribution in [0, 0.1) is 0 Å². The monoisotopic (exact) mass is 372 g/mol. The molecule has 3 aromatic rings. The molecule has 0 fully saturated rings. The predicted molar refractivity (Wildman–Crippen MR) is 103 cm³/mol. The lowest BCUT2D eigenvalue weighted by Gasteiger charge is -2.10. The first-order chi connectivity index (χ1) is 12.1. The third-order valence-electron chi connectivity index (χ3n) is 3.24. The number of nitrogens with zero attached hydrogens (tertiary/aromatic N) is 1. The fraction of sp³-hybridized carbons (Fsp3) is 0. The van der Waals surface area contributed by atoms with E-state index < -0.39 is 0 Å². The molecule has 0 aliphatic carbocycles. The molecule has 0 spiro atoms. The van der Waals surface area contributed by atoms with Gasteiger partial charge in [0, 0.05) is 10.7 Å². The number of para-hydroxylation sites is 1. The van der Waals surface area contributed by atoms with Gasteiger partial charge in [0.05, 0.1) is 22.6 Å². The molecule has 5 nitrogen and oxygen atoms in total. The van der Waals surface area contributed by atoms with Gasteiger partial charge in [-0.15, -0.1) is 0 Å². The molecule has 0 saturated carbocycles. The van der Waals surface area contributed by atoms with Gasteiger partial charge < -0.3 is 10.6 Å². The van der Waals surface area contributed by atoms with Crippen molar-refractivity contribution in [3.05, 3.63) is 76.9 Å². The van der Waals surface area contributed by atoms with Crippen LogP contribution in [0.1, 0.15) is 0 Å². The Bertz CT molecular complexity index is 870. The number of hydrogen-bond acceptors (Lipinski definition) is 3. The van der Waals surface area contributed by atoms with Gasteiger partial charge in [-0.1, -0.05) is 41.4 Å². The van der Waals surface area contributed by atoms with Gasteiger partial charge in [-0.25, -0.2) is 9.78 Å². The number of hydrogen-bond donors (Lipinski definition) is 3. The Balaban J connectivity index is 1.62. The van der Waals surface area contributed by atoms with E-state index in [9.17, 15) is 4.79 Å². The molecule has 2 amide bonds. The second-order valence-corrected chi connectivity index (χ2v) is 5.97. The first-order valence-corrected chi connectivity index (χ1v) is 8.17. The molecule has 3 N–H and O–H groups in total. The molecule has 0 aliphatic heterocycles. The number of pyridine rings is 1. The quantitative estimate of drug-likeness (QED) is 0.543. The van der Waals surface area contributed by atoms with E-state index in [-0.39, 0.29) is 6.03 Å². The first-order valence-electron chi connectivity index (χ1n) is 7.41. The number of halogens is 2. The number of benzene rings is 2. The molecule has 3 rings (SSSR count). The van der Waals surface area contributed by atoms with Crippen LogP contribution in [-0.4, -0.2) is 11.0 Å². The average Bonchev–Trinajstić information content (AvgIpc) is 2.61. The van der Waals surface area contributed by atoms with Crippen LogP contribution in [0.5, 0.6) is 0 Å². The van der Waals surface area contributed by atoms with Crippen molar-refractivity contribution in [1.29, 1.82) is 0 Å². The number of urea groups is 1. The molecule has 0 atom stereocenters. The fourth-order valence-electron chi connectivity index (χ4n) is 2.09. The van der Waals surface area contributed by atoms with Crippen LogP contribution >= 0.6 is 23.2 Å². The fourth-order valence-corrected chi connectivity index (χ4v) is 2.43. The van der Waals surface area contributed by atoms with Gasteiger partial charge in [0.1, 0.15) is 5.82 Å². The molecule has 0 radical (unpaired) electrons. The molecule has 0 unspecified atom stereocenters. The second kappa shape index (κ2) is 7.88. The largest absolute Gasteiger partial charge is 0.353 e. The van der Waals surface area contributed by atoms with E-state index in [2.05, 4.69) is 20.9 Å². The van der Waals surface area contributed by atoms with Crippen LogP contribution in [0.3, 0.4) is 0 Å². The number of carbonyl (C=O) groups is 1. The normalized spacial score (nSPS) is 10.2. The van der Waals surface area contributed by atoms with Gasteiger partial charge in [-0.05, 0) is 42.5 Å². The highest BCUT2D eigenvalue weighted by Gasteiger charge is 2.05. The minimum absolute atomic E-state index is 0.364. The van der Waals surface area contributed by atoms with E-state index >= 15 is 0 Å². The van der Waals surface area contributed by atoms with Crippen molar-refractivity contribution in [1.82, 2.24) is 4.98 Å². The number of aromatic nitrogens is 1. The molecule has 1 aromatic heterocycles. The Kier molecular flexibility index (Phi) is 5.38. The second-order valence-electron chi connectivity index (χ2n) is 5.13. The molecule has 1 heterocycles. The van der Waals surface area contributed by atoms with E-state index in [1.807, 2.05) is 18.2 Å². The van der Waals surface area contributed by atoms with Gasteiger partial charge in [0.2, 0.25) is 0 Å². The Morgan fingerprint density at radius 1 is 0.880 bits per heavy atom. The highest BCUT2D eigenvalue weighted by Crippen LogP contribution is 2.28. The maximum absolute atomic E-state index is 11.9. The van der Waals surface area contributed by atoms with Gasteiger partial charge in [-0.3, -0.25) is 5.32 Å². The smallest absolute Gasteiger partial charge is 0.324 e. The van der Waals surface area contributed by atoms with Gasteiger partial charge >= 0.3 is 6.03 Å². The molecular weight excluding hydrogens is 359 g/mol. The van der Waals surface area contributed by atoms with Crippen molar-refractivity contribution in [2.45, 2.75) is 0 Å². The van der Waals surface area contributed by atoms with Crippen LogP contribution < -0.4 is 16.0 Å². The lowest BCUT2D eigenvalue weighted by molar-refractivity contribution is 0.262. The van der Waals surface area contributed by atoms with Crippen molar-refractivity contribution in [2.75, 3.05) is 16.0 Å². The molecule has 2 aromatic carbocycles. The standard InChI is InChI=1S/C18H14Cl2N4O/c19-12-6-8-15(20)16(10-12)22-14-7-9-17(21-11-14)24-18(25)23-13-4-2-1-3-5-13/h1-11,22H,(H2,21,23,24,25). The van der Waals surface area contributed by atoms with Crippen molar-refractivity contribution in [2.24, 2.45) is 0 Å². The SMILES string of the molecule is O=C(Nc1ccccc1)Nc1ccc(Nc2cc(Cl)ccc2Cl)cn1. The number of rotatable bonds is 4. The predicted octanol–water partition coefficient (Wildman–Crippen LogP) is 5.78. The third kappa shape index (κ3) is 4.86. The minimum Gasteiger partial charge on any atom is -0.353 e. The van der Waals surface area contributed by atoms with Crippen LogP contribution in [0.15, 0.2) is 66.9 Å². The zero-order valence-corrected chi connectivity index (χ0v) is 14.5. The topological polar surface area (TPSA) is 66.1 Å². The van der Waals surface area contributed by atoms with Crippen LogP contribution in [-0.2, 0) is 0 Å². The minimum atomic E-state index is -0.364. The summed E-state index contributed by atoms with van der Waals surface area (Å²) in [7, 11) is 0. The van der Waals surface area contributed by atoms with Crippen molar-refractivity contribution < 1.29 is 4.79 Å². The van der Waals surface area contributed by atoms with E-state index in [4.69, 9.17) is 23.2 Å². The zero-order valence-electron chi connectivity index (χ0n) is 13.0. The van der Waals surface area contributed by atoms with Crippen molar-refractivity contribution >= 4 is 52.1 Å². The lowest BCUT2D eigenvalue weighted by Crippen LogP contribution is -2.19. The van der Waals surface area contributed by atoms with E-state index in [1.165, 1.54) is 0 Å². The molecular formula is C18H14Cl2N4O. The Hall–Kier alpha value is -2.76. The average molecular weight is 373 g/mol. The third-order valence-corrected chi connectivity index (χ3v) is 3.81. The zero-order chi connectivity index (χ0) is 17.6. The highest BCUT2D eigenvalue weighted by atomic mass is 35.5. The van der Waals surface area contributed by atoms with Crippen LogP contribution in [0.4, 0.5) is 27.7 Å². The molecule has 0 bridgehead atoms. The van der Waals surface area contributed by atoms with Crippen molar-refractivity contribution in [3.63, 3.8) is 0 Å². The van der Waals surface area contributed by atoms with E-state index in [0.29, 0.717) is 27.2 Å². The summed E-state index contributed by atoms with van der Waals surface area (Å²) in [6.45, 7) is 0. The van der Waals surface area contributed by atoms with E-state index in [0.717, 1.165) is 5.69 Å². The summed E-state index contributed by atoms with van der Waals surface area (Å²) in [5, 5.41) is 9.64. The summed E-state index contributed by atoms with van der Waals surface area (Å²) in [6.07, 6.45) is 1.59. The number of nitrogens with one attached hydrogen (secondary N) is 3. The van der Waals surface area contributed by atoms with Gasteiger partial charge in [-0.2, -0.15) is 0 Å². The molecule has 0 aliphatic rings. The Morgan fingerprint density at radius 2 is 1.68 bits per heavy atom. The van der Waals surface area contributed by atoms with Crippen LogP contribution in [0.25, 0.3) is 0 Å². The molecule has 126 valence electrons. The van der Waals surface area contributed by atoms with Crippen molar-refractivity contribution in [3.8, 4) is 0 Å². The Labute approximate surface area is 155 Å². The number of carbonyl (C=O) groups excluding carboxylic acids is 1. The maximum atomic E-state index is 11.9. The van der Waals surface area contributed by atoms with Gasteiger partial charge in [0.25, 0.3) is 0 Å². The highest BCUT2D eigenvalue weighted by molar-refractivity contribution is 6.35. The van der Waals surface area contributed by atoms with E-state index in [1.54, 1.807) is 48.7 Å². The van der Waals surface area contributed by atoms with Crippen LogP contribution in [0.2, 0.25) is 10.0 Å². The summed E-state index contributed by atoms with van der Waals surface area (Å²) in [5.74, 6) is 0.427.